The van der Waals surface area contributed by atoms with Crippen LogP contribution in [-0.2, 0) is 12.2 Å². The fourth-order valence-corrected chi connectivity index (χ4v) is 5.34. The minimum atomic E-state index is -0.441. The molecule has 6 heteroatoms. The van der Waals surface area contributed by atoms with E-state index in [-0.39, 0.29) is 10.5 Å². The van der Waals surface area contributed by atoms with Crippen LogP contribution in [-0.4, -0.2) is 12.8 Å². The summed E-state index contributed by atoms with van der Waals surface area (Å²) in [4.78, 5) is 2.42. The van der Waals surface area contributed by atoms with E-state index in [1.54, 1.807) is 18.4 Å². The molecule has 3 rings (SSSR count). The van der Waals surface area contributed by atoms with E-state index in [2.05, 4.69) is 27.3 Å². The Morgan fingerprint density at radius 2 is 2.05 bits per heavy atom. The molecule has 1 aromatic carbocycles. The SMILES string of the molecule is CNC(c1cc2c(s1)CCSC2)c1cc(F)c(Br)cc1F. The van der Waals surface area contributed by atoms with E-state index in [4.69, 9.17) is 0 Å². The van der Waals surface area contributed by atoms with E-state index in [1.165, 1.54) is 22.6 Å². The highest BCUT2D eigenvalue weighted by Gasteiger charge is 2.23. The fourth-order valence-electron chi connectivity index (χ4n) is 2.52. The third-order valence-corrected chi connectivity index (χ3v) is 6.49. The summed E-state index contributed by atoms with van der Waals surface area (Å²) in [7, 11) is 1.78. The van der Waals surface area contributed by atoms with E-state index in [9.17, 15) is 8.78 Å². The van der Waals surface area contributed by atoms with E-state index < -0.39 is 11.6 Å². The number of rotatable bonds is 3. The molecule has 1 aliphatic rings. The summed E-state index contributed by atoms with van der Waals surface area (Å²) in [6, 6.07) is 4.28. The maximum atomic E-state index is 14.2. The van der Waals surface area contributed by atoms with Crippen molar-refractivity contribution in [1.29, 1.82) is 0 Å². The largest absolute Gasteiger partial charge is 0.309 e. The van der Waals surface area contributed by atoms with Gasteiger partial charge in [0, 0.05) is 21.1 Å². The van der Waals surface area contributed by atoms with Gasteiger partial charge in [-0.05, 0) is 58.9 Å². The average Bonchev–Trinajstić information content (AvgIpc) is 2.88. The van der Waals surface area contributed by atoms with Crippen LogP contribution in [0, 0.1) is 11.6 Å². The Kier molecular flexibility index (Phi) is 4.69. The molecule has 0 radical (unpaired) electrons. The topological polar surface area (TPSA) is 12.0 Å². The predicted molar refractivity (Wildman–Crippen MR) is 89.1 cm³/mol. The molecule has 0 aliphatic carbocycles. The molecule has 1 atom stereocenters. The van der Waals surface area contributed by atoms with Gasteiger partial charge in [-0.15, -0.1) is 11.3 Å². The van der Waals surface area contributed by atoms with Crippen molar-refractivity contribution < 1.29 is 8.78 Å². The van der Waals surface area contributed by atoms with E-state index >= 15 is 0 Å². The first-order valence-electron chi connectivity index (χ1n) is 6.61. The number of nitrogens with one attached hydrogen (secondary N) is 1. The maximum Gasteiger partial charge on any atom is 0.137 e. The molecule has 0 fully saturated rings. The average molecular weight is 390 g/mol. The third-order valence-electron chi connectivity index (χ3n) is 3.57. The second kappa shape index (κ2) is 6.36. The quantitative estimate of drug-likeness (QED) is 0.750. The smallest absolute Gasteiger partial charge is 0.137 e. The standard InChI is InChI=1S/C15H14BrF2NS2/c1-19-15(9-5-12(18)10(16)6-11(9)17)14-4-8-7-20-3-2-13(8)21-14/h4-6,15,19H,2-3,7H2,1H3. The van der Waals surface area contributed by atoms with Gasteiger partial charge in [0.2, 0.25) is 0 Å². The van der Waals surface area contributed by atoms with Crippen molar-refractivity contribution in [3.05, 3.63) is 55.2 Å². The van der Waals surface area contributed by atoms with Crippen molar-refractivity contribution >= 4 is 39.0 Å². The number of halogens is 3. The highest BCUT2D eigenvalue weighted by molar-refractivity contribution is 9.10. The minimum absolute atomic E-state index is 0.153. The highest BCUT2D eigenvalue weighted by atomic mass is 79.9. The molecule has 1 nitrogen and oxygen atoms in total. The van der Waals surface area contributed by atoms with Crippen LogP contribution in [0.3, 0.4) is 0 Å². The monoisotopic (exact) mass is 389 g/mol. The molecule has 1 aromatic heterocycles. The van der Waals surface area contributed by atoms with E-state index in [0.717, 1.165) is 22.8 Å². The van der Waals surface area contributed by atoms with Crippen molar-refractivity contribution in [1.82, 2.24) is 5.32 Å². The van der Waals surface area contributed by atoms with Crippen molar-refractivity contribution in [2.24, 2.45) is 0 Å². The predicted octanol–water partition coefficient (Wildman–Crippen LogP) is 4.89. The van der Waals surface area contributed by atoms with Crippen LogP contribution in [0.4, 0.5) is 8.78 Å². The Bertz CT molecular complexity index is 648. The normalized spacial score (nSPS) is 15.8. The first kappa shape index (κ1) is 15.5. The molecule has 1 N–H and O–H groups in total. The van der Waals surface area contributed by atoms with Gasteiger partial charge >= 0.3 is 0 Å². The molecule has 0 spiro atoms. The summed E-state index contributed by atoms with van der Waals surface area (Å²) >= 11 is 6.64. The molecule has 1 unspecified atom stereocenters. The van der Waals surface area contributed by atoms with Gasteiger partial charge in [-0.25, -0.2) is 8.78 Å². The highest BCUT2D eigenvalue weighted by Crippen LogP contribution is 2.37. The lowest BCUT2D eigenvalue weighted by molar-refractivity contribution is 0.557. The Morgan fingerprint density at radius 3 is 2.76 bits per heavy atom. The lowest BCUT2D eigenvalue weighted by Crippen LogP contribution is -2.18. The van der Waals surface area contributed by atoms with Crippen molar-refractivity contribution in [2.45, 2.75) is 18.2 Å². The Balaban J connectivity index is 2.02. The summed E-state index contributed by atoms with van der Waals surface area (Å²) in [5.41, 5.74) is 1.69. The molecule has 2 heterocycles. The number of fused-ring (bicyclic) bond motifs is 1. The molecule has 1 aliphatic heterocycles. The second-order valence-corrected chi connectivity index (χ2v) is 8.04. The van der Waals surface area contributed by atoms with Gasteiger partial charge in [0.1, 0.15) is 11.6 Å². The van der Waals surface area contributed by atoms with Crippen LogP contribution in [0.2, 0.25) is 0 Å². The minimum Gasteiger partial charge on any atom is -0.309 e. The summed E-state index contributed by atoms with van der Waals surface area (Å²) in [6.45, 7) is 0. The van der Waals surface area contributed by atoms with Gasteiger partial charge in [0.05, 0.1) is 10.5 Å². The zero-order valence-corrected chi connectivity index (χ0v) is 14.6. The summed E-state index contributed by atoms with van der Waals surface area (Å²) < 4.78 is 28.1. The van der Waals surface area contributed by atoms with Gasteiger partial charge < -0.3 is 5.32 Å². The zero-order valence-electron chi connectivity index (χ0n) is 11.4. The van der Waals surface area contributed by atoms with Crippen molar-refractivity contribution in [2.75, 3.05) is 12.8 Å². The summed E-state index contributed by atoms with van der Waals surface area (Å²) in [5.74, 6) is 1.31. The Hall–Kier alpha value is -0.430. The molecule has 0 amide bonds. The van der Waals surface area contributed by atoms with E-state index in [0.29, 0.717) is 5.56 Å². The molecule has 112 valence electrons. The molecule has 21 heavy (non-hydrogen) atoms. The summed E-state index contributed by atoms with van der Waals surface area (Å²) in [5, 5.41) is 3.11. The molecule has 0 saturated heterocycles. The van der Waals surface area contributed by atoms with Crippen molar-refractivity contribution in [3.63, 3.8) is 0 Å². The lowest BCUT2D eigenvalue weighted by atomic mass is 10.0. The molecular weight excluding hydrogens is 376 g/mol. The number of aryl methyl sites for hydroxylation is 1. The van der Waals surface area contributed by atoms with Crippen LogP contribution < -0.4 is 5.32 Å². The number of hydrogen-bond acceptors (Lipinski definition) is 3. The van der Waals surface area contributed by atoms with Crippen LogP contribution >= 0.6 is 39.0 Å². The molecule has 0 bridgehead atoms. The van der Waals surface area contributed by atoms with Gasteiger partial charge in [-0.1, -0.05) is 0 Å². The third kappa shape index (κ3) is 3.04. The number of benzene rings is 1. The Labute approximate surface area is 139 Å². The van der Waals surface area contributed by atoms with Crippen LogP contribution in [0.5, 0.6) is 0 Å². The first-order chi connectivity index (χ1) is 10.1. The van der Waals surface area contributed by atoms with Crippen molar-refractivity contribution in [3.8, 4) is 0 Å². The maximum absolute atomic E-state index is 14.2. The summed E-state index contributed by atoms with van der Waals surface area (Å²) in [6.07, 6.45) is 1.07. The number of hydrogen-bond donors (Lipinski definition) is 1. The van der Waals surface area contributed by atoms with Crippen LogP contribution in [0.25, 0.3) is 0 Å². The van der Waals surface area contributed by atoms with Crippen LogP contribution in [0.15, 0.2) is 22.7 Å². The Morgan fingerprint density at radius 1 is 1.24 bits per heavy atom. The van der Waals surface area contributed by atoms with Gasteiger partial charge in [-0.3, -0.25) is 0 Å². The molecular formula is C15H14BrF2NS2. The number of thioether (sulfide) groups is 1. The zero-order chi connectivity index (χ0) is 15.0. The fraction of sp³-hybridized carbons (Fsp3) is 0.333. The second-order valence-electron chi connectivity index (χ2n) is 4.91. The lowest BCUT2D eigenvalue weighted by Gasteiger charge is -2.16. The molecule has 2 aromatic rings. The van der Waals surface area contributed by atoms with Gasteiger partial charge in [-0.2, -0.15) is 11.8 Å². The van der Waals surface area contributed by atoms with E-state index in [1.807, 2.05) is 11.8 Å². The number of thiophene rings is 1. The van der Waals surface area contributed by atoms with Gasteiger partial charge in [0.25, 0.3) is 0 Å². The van der Waals surface area contributed by atoms with Crippen LogP contribution in [0.1, 0.15) is 26.9 Å². The molecule has 0 saturated carbocycles. The first-order valence-corrected chi connectivity index (χ1v) is 9.37. The van der Waals surface area contributed by atoms with Gasteiger partial charge in [0.15, 0.2) is 0 Å².